The van der Waals surface area contributed by atoms with E-state index in [0.29, 0.717) is 17.0 Å². The van der Waals surface area contributed by atoms with E-state index in [4.69, 9.17) is 16.3 Å². The van der Waals surface area contributed by atoms with Gasteiger partial charge in [-0.25, -0.2) is 0 Å². The summed E-state index contributed by atoms with van der Waals surface area (Å²) in [6.07, 6.45) is 6.68. The molecule has 1 aromatic rings. The first-order valence-electron chi connectivity index (χ1n) is 7.70. The zero-order valence-electron chi connectivity index (χ0n) is 12.8. The first kappa shape index (κ1) is 15.7. The molecule has 20 heavy (non-hydrogen) atoms. The van der Waals surface area contributed by atoms with E-state index < -0.39 is 0 Å². The molecule has 2 nitrogen and oxygen atoms in total. The standard InChI is InChI=1S/C17H26ClNO/c1-4-12-5-7-13(8-6-12)17(19-2)14-9-10-15(18)16(11-14)20-3/h9-13,17,19H,4-8H2,1-3H3. The van der Waals surface area contributed by atoms with Crippen LogP contribution in [0.5, 0.6) is 5.75 Å². The first-order valence-corrected chi connectivity index (χ1v) is 8.08. The molecule has 0 saturated heterocycles. The molecular formula is C17H26ClNO. The van der Waals surface area contributed by atoms with Gasteiger partial charge in [0.15, 0.2) is 0 Å². The van der Waals surface area contributed by atoms with Gasteiger partial charge in [0, 0.05) is 6.04 Å². The normalized spacial score (nSPS) is 24.4. The predicted octanol–water partition coefficient (Wildman–Crippen LogP) is 4.83. The molecule has 1 aliphatic rings. The zero-order chi connectivity index (χ0) is 14.5. The Bertz CT molecular complexity index is 427. The Labute approximate surface area is 127 Å². The van der Waals surface area contributed by atoms with Gasteiger partial charge in [-0.3, -0.25) is 0 Å². The van der Waals surface area contributed by atoms with E-state index in [1.807, 2.05) is 6.07 Å². The Morgan fingerprint density at radius 2 is 2.00 bits per heavy atom. The maximum Gasteiger partial charge on any atom is 0.137 e. The van der Waals surface area contributed by atoms with Crippen molar-refractivity contribution in [1.29, 1.82) is 0 Å². The van der Waals surface area contributed by atoms with Gasteiger partial charge in [0.05, 0.1) is 12.1 Å². The number of benzene rings is 1. The Morgan fingerprint density at radius 1 is 1.30 bits per heavy atom. The maximum absolute atomic E-state index is 6.12. The molecule has 0 bridgehead atoms. The van der Waals surface area contributed by atoms with Crippen molar-refractivity contribution < 1.29 is 4.74 Å². The number of methoxy groups -OCH3 is 1. The van der Waals surface area contributed by atoms with Crippen molar-refractivity contribution in [3.63, 3.8) is 0 Å². The molecule has 1 unspecified atom stereocenters. The molecule has 1 aromatic carbocycles. The fraction of sp³-hybridized carbons (Fsp3) is 0.647. The second-order valence-electron chi connectivity index (χ2n) is 5.85. The van der Waals surface area contributed by atoms with Gasteiger partial charge in [-0.05, 0) is 49.4 Å². The summed E-state index contributed by atoms with van der Waals surface area (Å²) in [7, 11) is 3.73. The molecule has 0 heterocycles. The molecule has 0 radical (unpaired) electrons. The van der Waals surface area contributed by atoms with Gasteiger partial charge in [0.2, 0.25) is 0 Å². The molecule has 0 amide bonds. The van der Waals surface area contributed by atoms with Gasteiger partial charge in [-0.2, -0.15) is 0 Å². The highest BCUT2D eigenvalue weighted by molar-refractivity contribution is 6.32. The lowest BCUT2D eigenvalue weighted by Crippen LogP contribution is -2.28. The van der Waals surface area contributed by atoms with Crippen LogP contribution in [0.25, 0.3) is 0 Å². The molecule has 0 spiro atoms. The first-order chi connectivity index (χ1) is 9.69. The average Bonchev–Trinajstić information content (AvgIpc) is 2.50. The fourth-order valence-corrected chi connectivity index (χ4v) is 3.67. The maximum atomic E-state index is 6.12. The number of hydrogen-bond acceptors (Lipinski definition) is 2. The highest BCUT2D eigenvalue weighted by Crippen LogP contribution is 2.39. The van der Waals surface area contributed by atoms with E-state index in [-0.39, 0.29) is 0 Å². The third-order valence-electron chi connectivity index (χ3n) is 4.79. The van der Waals surface area contributed by atoms with Gasteiger partial charge < -0.3 is 10.1 Å². The minimum absolute atomic E-state index is 0.402. The second-order valence-corrected chi connectivity index (χ2v) is 6.26. The molecule has 2 rings (SSSR count). The minimum Gasteiger partial charge on any atom is -0.495 e. The van der Waals surface area contributed by atoms with Crippen LogP contribution in [0.2, 0.25) is 5.02 Å². The van der Waals surface area contributed by atoms with Crippen molar-refractivity contribution in [2.24, 2.45) is 11.8 Å². The van der Waals surface area contributed by atoms with Gasteiger partial charge in [-0.15, -0.1) is 0 Å². The Morgan fingerprint density at radius 3 is 2.55 bits per heavy atom. The predicted molar refractivity (Wildman–Crippen MR) is 85.5 cm³/mol. The van der Waals surface area contributed by atoms with Crippen molar-refractivity contribution in [2.75, 3.05) is 14.2 Å². The van der Waals surface area contributed by atoms with Crippen molar-refractivity contribution in [3.8, 4) is 5.75 Å². The second kappa shape index (κ2) is 7.33. The number of ether oxygens (including phenoxy) is 1. The van der Waals surface area contributed by atoms with E-state index in [2.05, 4.69) is 31.4 Å². The van der Waals surface area contributed by atoms with Gasteiger partial charge in [-0.1, -0.05) is 43.9 Å². The highest BCUT2D eigenvalue weighted by atomic mass is 35.5. The molecule has 112 valence electrons. The average molecular weight is 296 g/mol. The molecule has 1 fully saturated rings. The van der Waals surface area contributed by atoms with Crippen molar-refractivity contribution >= 4 is 11.6 Å². The SMILES string of the molecule is CCC1CCC(C(NC)c2ccc(Cl)c(OC)c2)CC1. The van der Waals surface area contributed by atoms with Crippen LogP contribution in [0.15, 0.2) is 18.2 Å². The van der Waals surface area contributed by atoms with Crippen LogP contribution in [0.1, 0.15) is 50.6 Å². The Kier molecular flexibility index (Phi) is 5.74. The lowest BCUT2D eigenvalue weighted by atomic mass is 9.76. The quantitative estimate of drug-likeness (QED) is 0.840. The summed E-state index contributed by atoms with van der Waals surface area (Å²) in [5.74, 6) is 2.42. The molecular weight excluding hydrogens is 270 g/mol. The summed E-state index contributed by atoms with van der Waals surface area (Å²) >= 11 is 6.12. The van der Waals surface area contributed by atoms with Crippen LogP contribution in [0, 0.1) is 11.8 Å². The third kappa shape index (κ3) is 3.48. The van der Waals surface area contributed by atoms with Crippen molar-refractivity contribution in [2.45, 2.75) is 45.1 Å². The smallest absolute Gasteiger partial charge is 0.137 e. The molecule has 3 heteroatoms. The van der Waals surface area contributed by atoms with Gasteiger partial charge >= 0.3 is 0 Å². The number of hydrogen-bond donors (Lipinski definition) is 1. The Balaban J connectivity index is 2.12. The molecule has 0 aromatic heterocycles. The molecule has 1 N–H and O–H groups in total. The van der Waals surface area contributed by atoms with Crippen LogP contribution >= 0.6 is 11.6 Å². The van der Waals surface area contributed by atoms with Crippen LogP contribution in [0.3, 0.4) is 0 Å². The summed E-state index contributed by atoms with van der Waals surface area (Å²) in [4.78, 5) is 0. The van der Waals surface area contributed by atoms with Gasteiger partial charge in [0.25, 0.3) is 0 Å². The van der Waals surface area contributed by atoms with E-state index in [9.17, 15) is 0 Å². The van der Waals surface area contributed by atoms with E-state index in [1.165, 1.54) is 37.7 Å². The molecule has 1 aliphatic carbocycles. The van der Waals surface area contributed by atoms with Crippen LogP contribution in [0.4, 0.5) is 0 Å². The monoisotopic (exact) mass is 295 g/mol. The van der Waals surface area contributed by atoms with Crippen LogP contribution in [-0.2, 0) is 0 Å². The van der Waals surface area contributed by atoms with Crippen LogP contribution < -0.4 is 10.1 Å². The summed E-state index contributed by atoms with van der Waals surface area (Å²) < 4.78 is 5.34. The number of halogens is 1. The van der Waals surface area contributed by atoms with E-state index >= 15 is 0 Å². The fourth-order valence-electron chi connectivity index (χ4n) is 3.47. The largest absolute Gasteiger partial charge is 0.495 e. The lowest BCUT2D eigenvalue weighted by molar-refractivity contribution is 0.224. The molecule has 1 atom stereocenters. The lowest BCUT2D eigenvalue weighted by Gasteiger charge is -2.34. The summed E-state index contributed by atoms with van der Waals surface area (Å²) in [6.45, 7) is 2.31. The summed E-state index contributed by atoms with van der Waals surface area (Å²) in [5, 5.41) is 4.17. The summed E-state index contributed by atoms with van der Waals surface area (Å²) in [5.41, 5.74) is 1.29. The summed E-state index contributed by atoms with van der Waals surface area (Å²) in [6, 6.07) is 6.55. The third-order valence-corrected chi connectivity index (χ3v) is 5.10. The number of rotatable bonds is 5. The molecule has 0 aliphatic heterocycles. The van der Waals surface area contributed by atoms with E-state index in [1.54, 1.807) is 7.11 Å². The Hall–Kier alpha value is -0.730. The zero-order valence-corrected chi connectivity index (χ0v) is 13.5. The highest BCUT2D eigenvalue weighted by Gasteiger charge is 2.27. The van der Waals surface area contributed by atoms with Crippen LogP contribution in [-0.4, -0.2) is 14.2 Å². The molecule has 1 saturated carbocycles. The van der Waals surface area contributed by atoms with E-state index in [0.717, 1.165) is 11.7 Å². The van der Waals surface area contributed by atoms with Crippen molar-refractivity contribution in [1.82, 2.24) is 5.32 Å². The number of nitrogens with one attached hydrogen (secondary N) is 1. The van der Waals surface area contributed by atoms with Gasteiger partial charge in [0.1, 0.15) is 5.75 Å². The topological polar surface area (TPSA) is 21.3 Å². The van der Waals surface area contributed by atoms with Crippen molar-refractivity contribution in [3.05, 3.63) is 28.8 Å². The minimum atomic E-state index is 0.402.